The Balaban J connectivity index is 1.58. The van der Waals surface area contributed by atoms with Crippen LogP contribution in [0.3, 0.4) is 0 Å². The first-order valence-corrected chi connectivity index (χ1v) is 10.9. The van der Waals surface area contributed by atoms with Crippen LogP contribution in [0.2, 0.25) is 0 Å². The smallest absolute Gasteiger partial charge is 0.173 e. The van der Waals surface area contributed by atoms with Gasteiger partial charge in [-0.05, 0) is 37.7 Å². The van der Waals surface area contributed by atoms with Crippen LogP contribution in [0.25, 0.3) is 11.4 Å². The predicted molar refractivity (Wildman–Crippen MR) is 115 cm³/mol. The molecule has 0 fully saturated rings. The summed E-state index contributed by atoms with van der Waals surface area (Å²) in [5.74, 6) is 1.32. The summed E-state index contributed by atoms with van der Waals surface area (Å²) < 4.78 is 0. The van der Waals surface area contributed by atoms with Crippen LogP contribution in [-0.2, 0) is 19.3 Å². The van der Waals surface area contributed by atoms with Crippen LogP contribution in [0.15, 0.2) is 59.6 Å². The second kappa shape index (κ2) is 8.70. The van der Waals surface area contributed by atoms with Crippen molar-refractivity contribution >= 4 is 17.5 Å². The molecule has 4 heteroatoms. The molecule has 0 unspecified atom stereocenters. The largest absolute Gasteiger partial charge is 0.293 e. The van der Waals surface area contributed by atoms with Gasteiger partial charge in [-0.15, -0.1) is 0 Å². The molecule has 1 aliphatic carbocycles. The van der Waals surface area contributed by atoms with E-state index in [-0.39, 0.29) is 5.78 Å². The van der Waals surface area contributed by atoms with Gasteiger partial charge in [0, 0.05) is 22.4 Å². The number of fused-ring (bicyclic) bond motifs is 1. The molecule has 0 bridgehead atoms. The van der Waals surface area contributed by atoms with Crippen molar-refractivity contribution in [2.45, 2.75) is 44.1 Å². The van der Waals surface area contributed by atoms with Gasteiger partial charge in [0.15, 0.2) is 11.6 Å². The monoisotopic (exact) mass is 388 g/mol. The summed E-state index contributed by atoms with van der Waals surface area (Å²) in [7, 11) is 0. The molecule has 3 aromatic rings. The van der Waals surface area contributed by atoms with Crippen molar-refractivity contribution in [3.63, 3.8) is 0 Å². The molecule has 0 amide bonds. The first-order valence-electron chi connectivity index (χ1n) is 9.94. The Hall–Kier alpha value is -2.46. The maximum absolute atomic E-state index is 12.7. The number of Topliss-reactive ketones (excluding diaryl/α,β-unsaturated/α-hetero) is 1. The van der Waals surface area contributed by atoms with Crippen LogP contribution in [0.5, 0.6) is 0 Å². The normalized spacial score (nSPS) is 13.2. The van der Waals surface area contributed by atoms with Crippen molar-refractivity contribution in [1.29, 1.82) is 0 Å². The molecule has 3 nitrogen and oxygen atoms in total. The van der Waals surface area contributed by atoms with Gasteiger partial charge in [0.2, 0.25) is 0 Å². The zero-order valence-electron chi connectivity index (χ0n) is 16.1. The van der Waals surface area contributed by atoms with E-state index in [1.54, 1.807) is 11.8 Å². The van der Waals surface area contributed by atoms with Crippen LogP contribution in [0, 0.1) is 0 Å². The molecule has 0 spiro atoms. The number of hydrogen-bond acceptors (Lipinski definition) is 4. The van der Waals surface area contributed by atoms with E-state index in [1.165, 1.54) is 24.0 Å². The topological polar surface area (TPSA) is 42.9 Å². The van der Waals surface area contributed by atoms with Crippen molar-refractivity contribution in [3.8, 4) is 11.4 Å². The highest BCUT2D eigenvalue weighted by molar-refractivity contribution is 8.00. The van der Waals surface area contributed by atoms with E-state index in [9.17, 15) is 4.79 Å². The Morgan fingerprint density at radius 1 is 0.964 bits per heavy atom. The lowest BCUT2D eigenvalue weighted by molar-refractivity contribution is 0.102. The van der Waals surface area contributed by atoms with E-state index in [0.29, 0.717) is 5.75 Å². The van der Waals surface area contributed by atoms with Crippen LogP contribution in [0.4, 0.5) is 0 Å². The third kappa shape index (κ3) is 4.17. The fourth-order valence-corrected chi connectivity index (χ4v) is 4.52. The van der Waals surface area contributed by atoms with Crippen LogP contribution >= 0.6 is 11.8 Å². The Kier molecular flexibility index (Phi) is 5.87. The van der Waals surface area contributed by atoms with Gasteiger partial charge < -0.3 is 0 Å². The van der Waals surface area contributed by atoms with Gasteiger partial charge in [0.05, 0.1) is 5.75 Å². The van der Waals surface area contributed by atoms with Crippen LogP contribution in [-0.4, -0.2) is 21.5 Å². The Labute approximate surface area is 170 Å². The lowest BCUT2D eigenvalue weighted by Gasteiger charge is -2.18. The molecule has 142 valence electrons. The minimum Gasteiger partial charge on any atom is -0.293 e. The van der Waals surface area contributed by atoms with E-state index < -0.39 is 0 Å². The summed E-state index contributed by atoms with van der Waals surface area (Å²) in [4.78, 5) is 22.4. The number of rotatable bonds is 6. The molecule has 2 aromatic carbocycles. The minimum atomic E-state index is 0.150. The molecular weight excluding hydrogens is 364 g/mol. The lowest BCUT2D eigenvalue weighted by Crippen LogP contribution is -2.11. The molecule has 28 heavy (non-hydrogen) atoms. The number of carbonyl (C=O) groups excluding carboxylic acids is 1. The van der Waals surface area contributed by atoms with Crippen molar-refractivity contribution in [3.05, 3.63) is 77.0 Å². The molecule has 0 saturated heterocycles. The fraction of sp³-hybridized carbons (Fsp3) is 0.292. The average molecular weight is 389 g/mol. The SMILES string of the molecule is CCc1ccc(C(=O)CSc2nc(-c3ccccc3)nc3c2CCCC3)cc1. The van der Waals surface area contributed by atoms with Gasteiger partial charge in [0.25, 0.3) is 0 Å². The fourth-order valence-electron chi connectivity index (χ4n) is 3.54. The van der Waals surface area contributed by atoms with Crippen molar-refractivity contribution in [1.82, 2.24) is 9.97 Å². The van der Waals surface area contributed by atoms with Crippen LogP contribution < -0.4 is 0 Å². The zero-order valence-corrected chi connectivity index (χ0v) is 17.0. The summed E-state index contributed by atoms with van der Waals surface area (Å²) in [5.41, 5.74) is 5.45. The molecule has 1 heterocycles. The Morgan fingerprint density at radius 2 is 1.71 bits per heavy atom. The summed E-state index contributed by atoms with van der Waals surface area (Å²) in [6.45, 7) is 2.12. The first kappa shape index (κ1) is 18.9. The summed E-state index contributed by atoms with van der Waals surface area (Å²) in [6, 6.07) is 18.1. The number of carbonyl (C=O) groups is 1. The number of thioether (sulfide) groups is 1. The van der Waals surface area contributed by atoms with Gasteiger partial charge in [-0.1, -0.05) is 73.3 Å². The van der Waals surface area contributed by atoms with Gasteiger partial charge in [0.1, 0.15) is 5.03 Å². The molecule has 1 aromatic heterocycles. The highest BCUT2D eigenvalue weighted by atomic mass is 32.2. The molecule has 4 rings (SSSR count). The summed E-state index contributed by atoms with van der Waals surface area (Å²) in [6.07, 6.45) is 5.33. The van der Waals surface area contributed by atoms with E-state index in [1.807, 2.05) is 54.6 Å². The third-order valence-corrected chi connectivity index (χ3v) is 6.22. The van der Waals surface area contributed by atoms with Gasteiger partial charge in [-0.2, -0.15) is 0 Å². The van der Waals surface area contributed by atoms with Gasteiger partial charge in [-0.25, -0.2) is 9.97 Å². The maximum Gasteiger partial charge on any atom is 0.173 e. The van der Waals surface area contributed by atoms with Crippen molar-refractivity contribution < 1.29 is 4.79 Å². The molecule has 1 aliphatic rings. The highest BCUT2D eigenvalue weighted by Crippen LogP contribution is 2.31. The number of aryl methyl sites for hydroxylation is 2. The molecule has 0 atom stereocenters. The van der Waals surface area contributed by atoms with Gasteiger partial charge >= 0.3 is 0 Å². The first-order chi connectivity index (χ1) is 13.7. The molecule has 0 aliphatic heterocycles. The Morgan fingerprint density at radius 3 is 2.46 bits per heavy atom. The zero-order chi connectivity index (χ0) is 19.3. The second-order valence-electron chi connectivity index (χ2n) is 7.11. The number of hydrogen-bond donors (Lipinski definition) is 0. The number of ketones is 1. The minimum absolute atomic E-state index is 0.150. The van der Waals surface area contributed by atoms with Crippen molar-refractivity contribution in [2.75, 3.05) is 5.75 Å². The molecule has 0 N–H and O–H groups in total. The molecular formula is C24H24N2OS. The van der Waals surface area contributed by atoms with E-state index in [4.69, 9.17) is 9.97 Å². The standard InChI is InChI=1S/C24H24N2OS/c1-2-17-12-14-18(15-13-17)22(27)16-28-24-20-10-6-7-11-21(20)25-23(26-24)19-8-4-3-5-9-19/h3-5,8-9,12-15H,2,6-7,10-11,16H2,1H3. The Bertz CT molecular complexity index is 968. The summed E-state index contributed by atoms with van der Waals surface area (Å²) >= 11 is 1.56. The number of benzene rings is 2. The summed E-state index contributed by atoms with van der Waals surface area (Å²) in [5, 5.41) is 0.974. The maximum atomic E-state index is 12.7. The number of aromatic nitrogens is 2. The van der Waals surface area contributed by atoms with E-state index in [0.717, 1.165) is 46.9 Å². The molecule has 0 saturated carbocycles. The van der Waals surface area contributed by atoms with E-state index in [2.05, 4.69) is 6.92 Å². The van der Waals surface area contributed by atoms with Crippen LogP contribution in [0.1, 0.15) is 46.9 Å². The predicted octanol–water partition coefficient (Wildman–Crippen LogP) is 5.56. The lowest BCUT2D eigenvalue weighted by atomic mass is 9.97. The highest BCUT2D eigenvalue weighted by Gasteiger charge is 2.19. The van der Waals surface area contributed by atoms with E-state index >= 15 is 0 Å². The molecule has 0 radical (unpaired) electrons. The number of nitrogens with zero attached hydrogens (tertiary/aromatic N) is 2. The second-order valence-corrected chi connectivity index (χ2v) is 8.08. The average Bonchev–Trinajstić information content (AvgIpc) is 2.77. The van der Waals surface area contributed by atoms with Gasteiger partial charge in [-0.3, -0.25) is 4.79 Å². The van der Waals surface area contributed by atoms with Crippen molar-refractivity contribution in [2.24, 2.45) is 0 Å². The third-order valence-electron chi connectivity index (χ3n) is 5.20. The quantitative estimate of drug-likeness (QED) is 0.315.